The summed E-state index contributed by atoms with van der Waals surface area (Å²) < 4.78 is 29.4. The molecule has 1 aliphatic rings. The Morgan fingerprint density at radius 1 is 0.963 bits per heavy atom. The quantitative estimate of drug-likeness (QED) is 0.404. The Kier molecular flexibility index (Phi) is 4.77. The Labute approximate surface area is 157 Å². The number of hydrogen-bond donors (Lipinski definition) is 0. The monoisotopic (exact) mass is 384 g/mol. The number of hydrogen-bond acceptors (Lipinski definition) is 5. The van der Waals surface area contributed by atoms with Gasteiger partial charge in [-0.2, -0.15) is 0 Å². The van der Waals surface area contributed by atoms with E-state index in [4.69, 9.17) is 13.6 Å². The second-order valence-electron chi connectivity index (χ2n) is 6.41. The van der Waals surface area contributed by atoms with Crippen LogP contribution in [0.15, 0.2) is 42.5 Å². The molecular formula is C21H21O5P. The fraction of sp³-hybridized carbons (Fsp3) is 0.286. The third-order valence-corrected chi connectivity index (χ3v) is 6.36. The molecule has 0 bridgehead atoms. The molecule has 27 heavy (non-hydrogen) atoms. The zero-order valence-electron chi connectivity index (χ0n) is 15.4. The van der Waals surface area contributed by atoms with Crippen LogP contribution in [-0.2, 0) is 20.0 Å². The van der Waals surface area contributed by atoms with E-state index in [1.807, 2.05) is 36.4 Å². The van der Waals surface area contributed by atoms with E-state index in [0.717, 1.165) is 27.1 Å². The Morgan fingerprint density at radius 3 is 2.44 bits per heavy atom. The first-order chi connectivity index (χ1) is 13.1. The predicted molar refractivity (Wildman–Crippen MR) is 106 cm³/mol. The summed E-state index contributed by atoms with van der Waals surface area (Å²) >= 11 is 0. The smallest absolute Gasteiger partial charge is 0.403 e. The number of fused-ring (bicyclic) bond motifs is 5. The maximum atomic E-state index is 13.0. The van der Waals surface area contributed by atoms with Gasteiger partial charge in [-0.05, 0) is 48.1 Å². The van der Waals surface area contributed by atoms with Gasteiger partial charge in [0.2, 0.25) is 0 Å². The average molecular weight is 384 g/mol. The maximum Gasteiger partial charge on any atom is 0.530 e. The van der Waals surface area contributed by atoms with Gasteiger partial charge in [0.05, 0.1) is 13.2 Å². The predicted octanol–water partition coefficient (Wildman–Crippen LogP) is 5.68. The molecule has 0 amide bonds. The molecule has 0 saturated carbocycles. The normalized spacial score (nSPS) is 14.1. The van der Waals surface area contributed by atoms with Gasteiger partial charge in [0, 0.05) is 17.4 Å². The Morgan fingerprint density at radius 2 is 1.70 bits per heavy atom. The lowest BCUT2D eigenvalue weighted by Gasteiger charge is -2.20. The molecule has 1 aliphatic carbocycles. The Balaban J connectivity index is 2.01. The zero-order valence-corrected chi connectivity index (χ0v) is 16.3. The average Bonchev–Trinajstić information content (AvgIpc) is 3.02. The van der Waals surface area contributed by atoms with E-state index in [2.05, 4.69) is 0 Å². The summed E-state index contributed by atoms with van der Waals surface area (Å²) in [5.41, 5.74) is 1.66. The van der Waals surface area contributed by atoms with Gasteiger partial charge in [0.1, 0.15) is 5.75 Å². The van der Waals surface area contributed by atoms with Crippen LogP contribution in [0.1, 0.15) is 36.2 Å². The SMILES string of the molecule is CCOP(=O)(OCC)Oc1cc2c(c3ccc4ccccc4c13)CCC2=O. The fourth-order valence-corrected chi connectivity index (χ4v) is 4.91. The van der Waals surface area contributed by atoms with Crippen molar-refractivity contribution in [3.63, 3.8) is 0 Å². The highest BCUT2D eigenvalue weighted by atomic mass is 31.2. The Hall–Kier alpha value is -2.20. The lowest BCUT2D eigenvalue weighted by atomic mass is 9.95. The molecule has 5 nitrogen and oxygen atoms in total. The number of phosphoric acid groups is 1. The number of aryl methyl sites for hydroxylation is 1. The minimum absolute atomic E-state index is 0.0764. The van der Waals surface area contributed by atoms with Crippen molar-refractivity contribution in [1.82, 2.24) is 0 Å². The molecule has 0 atom stereocenters. The number of phosphoric ester groups is 1. The summed E-state index contributed by atoms with van der Waals surface area (Å²) in [5, 5.41) is 3.81. The molecule has 0 aromatic heterocycles. The van der Waals surface area contributed by atoms with Gasteiger partial charge in [-0.1, -0.05) is 36.4 Å². The van der Waals surface area contributed by atoms with Crippen LogP contribution in [0.3, 0.4) is 0 Å². The lowest BCUT2D eigenvalue weighted by Crippen LogP contribution is -2.04. The van der Waals surface area contributed by atoms with Crippen molar-refractivity contribution in [2.45, 2.75) is 26.7 Å². The van der Waals surface area contributed by atoms with Crippen LogP contribution < -0.4 is 4.52 Å². The first kappa shape index (κ1) is 18.2. The molecule has 6 heteroatoms. The van der Waals surface area contributed by atoms with Crippen LogP contribution in [0.2, 0.25) is 0 Å². The minimum Gasteiger partial charge on any atom is -0.403 e. The molecule has 3 aromatic carbocycles. The van der Waals surface area contributed by atoms with Gasteiger partial charge in [0.25, 0.3) is 0 Å². The van der Waals surface area contributed by atoms with Crippen LogP contribution in [-0.4, -0.2) is 19.0 Å². The fourth-order valence-electron chi connectivity index (χ4n) is 3.71. The summed E-state index contributed by atoms with van der Waals surface area (Å²) in [5.74, 6) is 0.439. The van der Waals surface area contributed by atoms with Gasteiger partial charge in [-0.3, -0.25) is 13.8 Å². The highest BCUT2D eigenvalue weighted by Gasteiger charge is 2.31. The van der Waals surface area contributed by atoms with Crippen molar-refractivity contribution in [1.29, 1.82) is 0 Å². The number of rotatable bonds is 6. The van der Waals surface area contributed by atoms with Crippen molar-refractivity contribution in [3.05, 3.63) is 53.6 Å². The topological polar surface area (TPSA) is 61.8 Å². The molecular weight excluding hydrogens is 363 g/mol. The molecule has 0 N–H and O–H groups in total. The van der Waals surface area contributed by atoms with Gasteiger partial charge < -0.3 is 4.52 Å². The number of carbonyl (C=O) groups is 1. The molecule has 140 valence electrons. The molecule has 0 spiro atoms. The Bertz CT molecular complexity index is 1080. The summed E-state index contributed by atoms with van der Waals surface area (Å²) in [4.78, 5) is 12.4. The van der Waals surface area contributed by atoms with E-state index in [1.165, 1.54) is 0 Å². The van der Waals surface area contributed by atoms with Gasteiger partial charge in [0.15, 0.2) is 5.78 Å². The van der Waals surface area contributed by atoms with Crippen molar-refractivity contribution in [3.8, 4) is 5.75 Å². The molecule has 0 radical (unpaired) electrons. The van der Waals surface area contributed by atoms with Crippen LogP contribution in [0.5, 0.6) is 5.75 Å². The number of ketones is 1. The zero-order chi connectivity index (χ0) is 19.0. The summed E-state index contributed by atoms with van der Waals surface area (Å²) in [7, 11) is -3.78. The second kappa shape index (κ2) is 7.08. The van der Waals surface area contributed by atoms with E-state index in [-0.39, 0.29) is 19.0 Å². The minimum atomic E-state index is -3.78. The van der Waals surface area contributed by atoms with Crippen LogP contribution >= 0.6 is 7.82 Å². The molecule has 4 rings (SSSR count). The molecule has 0 aliphatic heterocycles. The molecule has 0 fully saturated rings. The van der Waals surface area contributed by atoms with E-state index in [1.54, 1.807) is 19.9 Å². The van der Waals surface area contributed by atoms with Crippen molar-refractivity contribution in [2.24, 2.45) is 0 Å². The summed E-state index contributed by atoms with van der Waals surface area (Å²) in [6, 6.07) is 13.7. The van der Waals surface area contributed by atoms with E-state index < -0.39 is 7.82 Å². The van der Waals surface area contributed by atoms with E-state index in [9.17, 15) is 9.36 Å². The van der Waals surface area contributed by atoms with Crippen LogP contribution in [0.4, 0.5) is 0 Å². The molecule has 0 saturated heterocycles. The third kappa shape index (κ3) is 3.16. The first-order valence-corrected chi connectivity index (χ1v) is 10.6. The van der Waals surface area contributed by atoms with Crippen LogP contribution in [0.25, 0.3) is 21.5 Å². The summed E-state index contributed by atoms with van der Waals surface area (Å²) in [6.07, 6.45) is 1.19. The third-order valence-electron chi connectivity index (χ3n) is 4.79. The van der Waals surface area contributed by atoms with Crippen molar-refractivity contribution < 1.29 is 22.9 Å². The number of carbonyl (C=O) groups excluding carboxylic acids is 1. The molecule has 0 heterocycles. The molecule has 0 unspecified atom stereocenters. The van der Waals surface area contributed by atoms with Gasteiger partial charge in [-0.15, -0.1) is 0 Å². The maximum absolute atomic E-state index is 13.0. The number of Topliss-reactive ketones (excluding diaryl/α,β-unsaturated/α-hetero) is 1. The van der Waals surface area contributed by atoms with Crippen LogP contribution in [0, 0.1) is 0 Å². The molecule has 3 aromatic rings. The highest BCUT2D eigenvalue weighted by Crippen LogP contribution is 2.52. The van der Waals surface area contributed by atoms with Crippen molar-refractivity contribution in [2.75, 3.05) is 13.2 Å². The highest BCUT2D eigenvalue weighted by molar-refractivity contribution is 7.48. The van der Waals surface area contributed by atoms with Gasteiger partial charge >= 0.3 is 7.82 Å². The van der Waals surface area contributed by atoms with E-state index in [0.29, 0.717) is 24.2 Å². The van der Waals surface area contributed by atoms with Gasteiger partial charge in [-0.25, -0.2) is 4.57 Å². The number of benzene rings is 3. The second-order valence-corrected chi connectivity index (χ2v) is 8.00. The van der Waals surface area contributed by atoms with E-state index >= 15 is 0 Å². The first-order valence-electron chi connectivity index (χ1n) is 9.15. The lowest BCUT2D eigenvalue weighted by molar-refractivity contribution is 0.0994. The standard InChI is InChI=1S/C21H21O5P/c1-3-24-27(23,25-4-2)26-20-13-18-16(11-12-19(18)22)17-10-9-14-7-5-6-8-15(14)21(17)20/h5-10,13H,3-4,11-12H2,1-2H3. The van der Waals surface area contributed by atoms with Crippen molar-refractivity contribution >= 4 is 35.2 Å². The largest absolute Gasteiger partial charge is 0.530 e. The summed E-state index contributed by atoms with van der Waals surface area (Å²) in [6.45, 7) is 3.85.